The predicted molar refractivity (Wildman–Crippen MR) is 116 cm³/mol. The third-order valence-electron chi connectivity index (χ3n) is 4.49. The molecule has 0 atom stereocenters. The van der Waals surface area contributed by atoms with Gasteiger partial charge in [-0.25, -0.2) is 9.37 Å². The molecule has 3 aromatic rings. The molecule has 168 valence electrons. The lowest BCUT2D eigenvalue weighted by Gasteiger charge is -2.25. The van der Waals surface area contributed by atoms with Gasteiger partial charge in [0.2, 0.25) is 11.8 Å². The number of benzene rings is 2. The van der Waals surface area contributed by atoms with Gasteiger partial charge in [0.1, 0.15) is 24.8 Å². The molecule has 0 aliphatic rings. The first kappa shape index (κ1) is 22.8. The average Bonchev–Trinajstić information content (AvgIpc) is 2.82. The highest BCUT2D eigenvalue weighted by molar-refractivity contribution is 5.93. The number of nitrogens with zero attached hydrogens (tertiary/aromatic N) is 3. The molecule has 2 aromatic carbocycles. The molecule has 0 radical (unpaired) electrons. The zero-order valence-electron chi connectivity index (χ0n) is 18.1. The fourth-order valence-corrected chi connectivity index (χ4v) is 2.99. The Balaban J connectivity index is 1.96. The van der Waals surface area contributed by atoms with Crippen LogP contribution in [0.2, 0.25) is 0 Å². The van der Waals surface area contributed by atoms with Gasteiger partial charge in [-0.3, -0.25) is 4.79 Å². The van der Waals surface area contributed by atoms with Gasteiger partial charge in [0.15, 0.2) is 5.75 Å². The van der Waals surface area contributed by atoms with Gasteiger partial charge in [0.25, 0.3) is 0 Å². The van der Waals surface area contributed by atoms with E-state index >= 15 is 0 Å². The number of ether oxygens (including phenoxy) is 4. The molecule has 0 fully saturated rings. The Bertz CT molecular complexity index is 1060. The Labute approximate surface area is 185 Å². The van der Waals surface area contributed by atoms with Crippen molar-refractivity contribution in [3.8, 4) is 29.1 Å². The molecule has 9 heteroatoms. The van der Waals surface area contributed by atoms with Crippen LogP contribution in [0.4, 0.5) is 10.1 Å². The minimum Gasteiger partial charge on any atom is -0.497 e. The number of anilines is 1. The summed E-state index contributed by atoms with van der Waals surface area (Å²) < 4.78 is 34.5. The van der Waals surface area contributed by atoms with Gasteiger partial charge in [-0.2, -0.15) is 4.98 Å². The van der Waals surface area contributed by atoms with Gasteiger partial charge in [0, 0.05) is 24.8 Å². The summed E-state index contributed by atoms with van der Waals surface area (Å²) in [6.07, 6.45) is 1.51. The highest BCUT2D eigenvalue weighted by atomic mass is 19.1. The number of alkyl halides is 1. The summed E-state index contributed by atoms with van der Waals surface area (Å²) in [6.45, 7) is 0.875. The molecular weight excluding hydrogens is 417 g/mol. The monoisotopic (exact) mass is 441 g/mol. The Hall–Kier alpha value is -3.88. The van der Waals surface area contributed by atoms with Gasteiger partial charge in [0.05, 0.1) is 26.5 Å². The number of hydrogen-bond acceptors (Lipinski definition) is 7. The summed E-state index contributed by atoms with van der Waals surface area (Å²) in [7, 11) is 3.04. The van der Waals surface area contributed by atoms with E-state index < -0.39 is 6.67 Å². The molecule has 0 unspecified atom stereocenters. The molecule has 1 aromatic heterocycles. The number of para-hydroxylation sites is 2. The van der Waals surface area contributed by atoms with Crippen LogP contribution in [0, 0.1) is 0 Å². The second kappa shape index (κ2) is 10.9. The second-order valence-electron chi connectivity index (χ2n) is 6.57. The maximum atomic E-state index is 12.7. The molecule has 0 N–H and O–H groups in total. The summed E-state index contributed by atoms with van der Waals surface area (Å²) >= 11 is 0. The molecule has 0 aliphatic carbocycles. The highest BCUT2D eigenvalue weighted by Gasteiger charge is 2.20. The van der Waals surface area contributed by atoms with Gasteiger partial charge in [-0.15, -0.1) is 0 Å². The molecule has 1 amide bonds. The minimum atomic E-state index is -0.626. The smallest absolute Gasteiger partial charge is 0.325 e. The molecule has 0 saturated heterocycles. The van der Waals surface area contributed by atoms with Crippen molar-refractivity contribution in [2.75, 3.05) is 32.4 Å². The minimum absolute atomic E-state index is 0.0775. The van der Waals surface area contributed by atoms with E-state index in [2.05, 4.69) is 9.97 Å². The number of methoxy groups -OCH3 is 2. The average molecular weight is 441 g/mol. The number of halogens is 1. The Kier molecular flexibility index (Phi) is 7.80. The van der Waals surface area contributed by atoms with E-state index in [4.69, 9.17) is 18.9 Å². The van der Waals surface area contributed by atoms with E-state index in [1.165, 1.54) is 25.1 Å². The van der Waals surface area contributed by atoms with E-state index in [0.717, 1.165) is 0 Å². The largest absolute Gasteiger partial charge is 0.497 e. The zero-order valence-corrected chi connectivity index (χ0v) is 18.1. The molecule has 0 spiro atoms. The van der Waals surface area contributed by atoms with Crippen molar-refractivity contribution in [3.05, 3.63) is 60.3 Å². The molecule has 0 bridgehead atoms. The normalized spacial score (nSPS) is 10.4. The Morgan fingerprint density at radius 1 is 1.06 bits per heavy atom. The van der Waals surface area contributed by atoms with Crippen molar-refractivity contribution >= 4 is 11.6 Å². The number of hydrogen-bond donors (Lipinski definition) is 0. The molecule has 3 rings (SSSR count). The summed E-state index contributed by atoms with van der Waals surface area (Å²) in [5.74, 6) is 1.55. The lowest BCUT2D eigenvalue weighted by molar-refractivity contribution is -0.116. The Morgan fingerprint density at radius 2 is 1.88 bits per heavy atom. The highest BCUT2D eigenvalue weighted by Crippen LogP contribution is 2.34. The fourth-order valence-electron chi connectivity index (χ4n) is 2.99. The van der Waals surface area contributed by atoms with E-state index in [1.54, 1.807) is 55.6 Å². The summed E-state index contributed by atoms with van der Waals surface area (Å²) in [6, 6.07) is 13.9. The lowest BCUT2D eigenvalue weighted by atomic mass is 10.1. The third kappa shape index (κ3) is 5.63. The van der Waals surface area contributed by atoms with Crippen molar-refractivity contribution in [2.24, 2.45) is 0 Å². The first-order chi connectivity index (χ1) is 15.5. The molecule has 8 nitrogen and oxygen atoms in total. The van der Waals surface area contributed by atoms with Crippen LogP contribution in [-0.4, -0.2) is 43.4 Å². The summed E-state index contributed by atoms with van der Waals surface area (Å²) in [4.78, 5) is 22.4. The van der Waals surface area contributed by atoms with Gasteiger partial charge >= 0.3 is 6.01 Å². The maximum Gasteiger partial charge on any atom is 0.325 e. The first-order valence-corrected chi connectivity index (χ1v) is 9.83. The number of amides is 1. The lowest BCUT2D eigenvalue weighted by Crippen LogP contribution is -2.28. The second-order valence-corrected chi connectivity index (χ2v) is 6.57. The van der Waals surface area contributed by atoms with Crippen molar-refractivity contribution in [2.45, 2.75) is 13.5 Å². The van der Waals surface area contributed by atoms with Crippen molar-refractivity contribution in [1.82, 2.24) is 9.97 Å². The van der Waals surface area contributed by atoms with E-state index in [0.29, 0.717) is 34.4 Å². The van der Waals surface area contributed by atoms with Crippen LogP contribution in [-0.2, 0) is 11.3 Å². The van der Waals surface area contributed by atoms with Crippen LogP contribution in [0.3, 0.4) is 0 Å². The summed E-state index contributed by atoms with van der Waals surface area (Å²) in [5.41, 5.74) is 1.16. The van der Waals surface area contributed by atoms with Crippen molar-refractivity contribution in [1.29, 1.82) is 0 Å². The quantitative estimate of drug-likeness (QED) is 0.467. The van der Waals surface area contributed by atoms with Gasteiger partial charge < -0.3 is 23.8 Å². The molecule has 1 heterocycles. The molecular formula is C23H24FN3O5. The Morgan fingerprint density at radius 3 is 2.59 bits per heavy atom. The van der Waals surface area contributed by atoms with E-state index in [1.807, 2.05) is 0 Å². The first-order valence-electron chi connectivity index (χ1n) is 9.83. The van der Waals surface area contributed by atoms with E-state index in [9.17, 15) is 9.18 Å². The molecule has 32 heavy (non-hydrogen) atoms. The predicted octanol–water partition coefficient (Wildman–Crippen LogP) is 4.19. The van der Waals surface area contributed by atoms with Crippen LogP contribution in [0.5, 0.6) is 29.1 Å². The van der Waals surface area contributed by atoms with Crippen molar-refractivity contribution in [3.63, 3.8) is 0 Å². The molecule has 0 aliphatic heterocycles. The van der Waals surface area contributed by atoms with Crippen LogP contribution in [0.25, 0.3) is 0 Å². The zero-order chi connectivity index (χ0) is 22.9. The number of carbonyl (C=O) groups excluding carboxylic acids is 1. The topological polar surface area (TPSA) is 83.0 Å². The van der Waals surface area contributed by atoms with Gasteiger partial charge in [-0.1, -0.05) is 12.1 Å². The number of aromatic nitrogens is 2. The standard InChI is InChI=1S/C23H24FN3O5/c1-16(28)27(15-17-14-18(29-2)8-9-20(17)31-13-11-24)19-6-4-5-7-21(19)32-23-25-12-10-22(26-23)30-3/h4-10,12,14H,11,13,15H2,1-3H3. The van der Waals surface area contributed by atoms with Crippen LogP contribution >= 0.6 is 0 Å². The van der Waals surface area contributed by atoms with E-state index in [-0.39, 0.29) is 25.1 Å². The van der Waals surface area contributed by atoms with Crippen molar-refractivity contribution < 1.29 is 28.1 Å². The number of rotatable bonds is 10. The SMILES string of the molecule is COc1ccc(OCCF)c(CN(C(C)=O)c2ccccc2Oc2nccc(OC)n2)c1. The van der Waals surface area contributed by atoms with Gasteiger partial charge in [-0.05, 0) is 30.3 Å². The van der Waals surface area contributed by atoms with Crippen LogP contribution < -0.4 is 23.8 Å². The summed E-state index contributed by atoms with van der Waals surface area (Å²) in [5, 5.41) is 0. The fraction of sp³-hybridized carbons (Fsp3) is 0.261. The molecule has 0 saturated carbocycles. The number of carbonyl (C=O) groups is 1. The van der Waals surface area contributed by atoms with Crippen LogP contribution in [0.1, 0.15) is 12.5 Å². The maximum absolute atomic E-state index is 12.7. The third-order valence-corrected chi connectivity index (χ3v) is 4.49. The van der Waals surface area contributed by atoms with Crippen LogP contribution in [0.15, 0.2) is 54.7 Å².